The van der Waals surface area contributed by atoms with Gasteiger partial charge in [0.1, 0.15) is 0 Å². The summed E-state index contributed by atoms with van der Waals surface area (Å²) >= 11 is 1.51. The number of nitrogens with one attached hydrogen (secondary N) is 1. The van der Waals surface area contributed by atoms with E-state index in [0.717, 1.165) is 16.9 Å². The lowest BCUT2D eigenvalue weighted by Crippen LogP contribution is -2.28. The average molecular weight is 341 g/mol. The Morgan fingerprint density at radius 1 is 1.29 bits per heavy atom. The number of carbonyl (C=O) groups is 1. The topological polar surface area (TPSA) is 67.2 Å². The Hall–Kier alpha value is -2.44. The molecule has 3 aromatic rings. The molecule has 6 heteroatoms. The number of aliphatic hydroxyl groups is 1. The lowest BCUT2D eigenvalue weighted by atomic mass is 10.2. The summed E-state index contributed by atoms with van der Waals surface area (Å²) < 4.78 is 1.74. The van der Waals surface area contributed by atoms with Crippen molar-refractivity contribution in [2.45, 2.75) is 20.0 Å². The zero-order chi connectivity index (χ0) is 17.1. The van der Waals surface area contributed by atoms with Crippen molar-refractivity contribution in [2.75, 3.05) is 6.54 Å². The van der Waals surface area contributed by atoms with E-state index >= 15 is 0 Å². The van der Waals surface area contributed by atoms with Gasteiger partial charge in [0, 0.05) is 12.2 Å². The van der Waals surface area contributed by atoms with Crippen molar-refractivity contribution in [3.8, 4) is 5.69 Å². The first-order valence-corrected chi connectivity index (χ1v) is 8.61. The molecule has 0 aliphatic heterocycles. The van der Waals surface area contributed by atoms with Gasteiger partial charge in [-0.25, -0.2) is 4.68 Å². The largest absolute Gasteiger partial charge is 0.387 e. The number of carbonyl (C=O) groups excluding carboxylic acids is 1. The van der Waals surface area contributed by atoms with Crippen molar-refractivity contribution in [3.63, 3.8) is 0 Å². The van der Waals surface area contributed by atoms with Crippen molar-refractivity contribution in [2.24, 2.45) is 0 Å². The number of hydrogen-bond acceptors (Lipinski definition) is 4. The first-order chi connectivity index (χ1) is 11.5. The summed E-state index contributed by atoms with van der Waals surface area (Å²) in [6.45, 7) is 4.09. The summed E-state index contributed by atoms with van der Waals surface area (Å²) in [5.41, 5.74) is 4.11. The van der Waals surface area contributed by atoms with Crippen LogP contribution in [-0.4, -0.2) is 27.3 Å². The van der Waals surface area contributed by atoms with E-state index in [1.165, 1.54) is 16.9 Å². The van der Waals surface area contributed by atoms with E-state index in [1.54, 1.807) is 10.7 Å². The maximum absolute atomic E-state index is 12.3. The molecule has 0 aliphatic carbocycles. The van der Waals surface area contributed by atoms with Crippen molar-refractivity contribution < 1.29 is 9.90 Å². The first-order valence-electron chi connectivity index (χ1n) is 7.66. The molecule has 0 fully saturated rings. The normalized spacial score (nSPS) is 12.1. The number of thiophene rings is 1. The van der Waals surface area contributed by atoms with Crippen LogP contribution in [0.15, 0.2) is 47.2 Å². The van der Waals surface area contributed by atoms with Crippen LogP contribution in [0.4, 0.5) is 0 Å². The highest BCUT2D eigenvalue weighted by Gasteiger charge is 2.15. The molecular formula is C18H19N3O2S. The fourth-order valence-electron chi connectivity index (χ4n) is 2.40. The highest BCUT2D eigenvalue weighted by atomic mass is 32.1. The van der Waals surface area contributed by atoms with Gasteiger partial charge in [-0.2, -0.15) is 16.4 Å². The minimum Gasteiger partial charge on any atom is -0.387 e. The van der Waals surface area contributed by atoms with E-state index in [1.807, 2.05) is 54.9 Å². The van der Waals surface area contributed by atoms with Crippen LogP contribution in [0.25, 0.3) is 5.69 Å². The minimum atomic E-state index is -0.708. The Bertz CT molecular complexity index is 823. The average Bonchev–Trinajstić information content (AvgIpc) is 3.23. The number of hydrogen-bond donors (Lipinski definition) is 2. The van der Waals surface area contributed by atoms with Crippen LogP contribution in [0.3, 0.4) is 0 Å². The van der Waals surface area contributed by atoms with E-state index in [0.29, 0.717) is 5.69 Å². The molecule has 2 N–H and O–H groups in total. The molecule has 1 atom stereocenters. The molecule has 3 rings (SSSR count). The predicted molar refractivity (Wildman–Crippen MR) is 94.7 cm³/mol. The van der Waals surface area contributed by atoms with Gasteiger partial charge in [-0.05, 0) is 54.4 Å². The van der Waals surface area contributed by atoms with Crippen LogP contribution in [0.2, 0.25) is 0 Å². The van der Waals surface area contributed by atoms with Gasteiger partial charge in [0.15, 0.2) is 5.69 Å². The third-order valence-corrected chi connectivity index (χ3v) is 4.48. The highest BCUT2D eigenvalue weighted by molar-refractivity contribution is 7.07. The van der Waals surface area contributed by atoms with Crippen LogP contribution in [0.5, 0.6) is 0 Å². The standard InChI is InChI=1S/C18H19N3O2S/c1-12-3-5-15(6-4-12)21-13(2)9-16(20-21)18(23)19-10-17(22)14-7-8-24-11-14/h3-9,11,17,22H,10H2,1-2H3,(H,19,23). The Morgan fingerprint density at radius 3 is 2.71 bits per heavy atom. The lowest BCUT2D eigenvalue weighted by molar-refractivity contribution is 0.0911. The van der Waals surface area contributed by atoms with Crippen LogP contribution in [0.1, 0.15) is 33.4 Å². The molecule has 0 aliphatic rings. The monoisotopic (exact) mass is 341 g/mol. The van der Waals surface area contributed by atoms with Crippen molar-refractivity contribution >= 4 is 17.2 Å². The first kappa shape index (κ1) is 16.4. The fourth-order valence-corrected chi connectivity index (χ4v) is 3.10. The Balaban J connectivity index is 1.70. The van der Waals surface area contributed by atoms with Crippen LogP contribution in [0, 0.1) is 13.8 Å². The van der Waals surface area contributed by atoms with E-state index in [4.69, 9.17) is 0 Å². The second-order valence-corrected chi connectivity index (χ2v) is 6.48. The van der Waals surface area contributed by atoms with Gasteiger partial charge in [-0.3, -0.25) is 4.79 Å². The SMILES string of the molecule is Cc1ccc(-n2nc(C(=O)NCC(O)c3ccsc3)cc2C)cc1. The molecule has 24 heavy (non-hydrogen) atoms. The smallest absolute Gasteiger partial charge is 0.271 e. The molecule has 0 saturated carbocycles. The molecular weight excluding hydrogens is 322 g/mol. The second kappa shape index (κ2) is 6.98. The molecule has 0 bridgehead atoms. The van der Waals surface area contributed by atoms with Gasteiger partial charge in [-0.15, -0.1) is 0 Å². The maximum Gasteiger partial charge on any atom is 0.271 e. The number of aliphatic hydroxyl groups excluding tert-OH is 1. The van der Waals surface area contributed by atoms with Crippen LogP contribution >= 0.6 is 11.3 Å². The van der Waals surface area contributed by atoms with Crippen molar-refractivity contribution in [1.82, 2.24) is 15.1 Å². The molecule has 2 heterocycles. The molecule has 5 nitrogen and oxygen atoms in total. The van der Waals surface area contributed by atoms with Gasteiger partial charge in [0.25, 0.3) is 5.91 Å². The quantitative estimate of drug-likeness (QED) is 0.750. The van der Waals surface area contributed by atoms with E-state index in [2.05, 4.69) is 10.4 Å². The number of nitrogens with zero attached hydrogens (tertiary/aromatic N) is 2. The number of aryl methyl sites for hydroxylation is 2. The maximum atomic E-state index is 12.3. The summed E-state index contributed by atoms with van der Waals surface area (Å²) in [7, 11) is 0. The molecule has 124 valence electrons. The molecule has 0 radical (unpaired) electrons. The summed E-state index contributed by atoms with van der Waals surface area (Å²) in [6, 6.07) is 11.5. The highest BCUT2D eigenvalue weighted by Crippen LogP contribution is 2.16. The molecule has 1 aromatic carbocycles. The van der Waals surface area contributed by atoms with Gasteiger partial charge < -0.3 is 10.4 Å². The summed E-state index contributed by atoms with van der Waals surface area (Å²) in [5, 5.41) is 20.9. The second-order valence-electron chi connectivity index (χ2n) is 5.70. The fraction of sp³-hybridized carbons (Fsp3) is 0.222. The molecule has 1 amide bonds. The molecule has 0 saturated heterocycles. The number of rotatable bonds is 5. The number of benzene rings is 1. The Kier molecular flexibility index (Phi) is 4.78. The summed E-state index contributed by atoms with van der Waals surface area (Å²) in [4.78, 5) is 12.3. The number of amides is 1. The molecule has 1 unspecified atom stereocenters. The van der Waals surface area contributed by atoms with Gasteiger partial charge in [0.2, 0.25) is 0 Å². The summed E-state index contributed by atoms with van der Waals surface area (Å²) in [6.07, 6.45) is -0.708. The Labute approximate surface area is 144 Å². The predicted octanol–water partition coefficient (Wildman–Crippen LogP) is 3.01. The van der Waals surface area contributed by atoms with Gasteiger partial charge in [0.05, 0.1) is 11.8 Å². The van der Waals surface area contributed by atoms with E-state index in [9.17, 15) is 9.90 Å². The Morgan fingerprint density at radius 2 is 2.04 bits per heavy atom. The molecule has 0 spiro atoms. The van der Waals surface area contributed by atoms with Gasteiger partial charge in [-0.1, -0.05) is 17.7 Å². The van der Waals surface area contributed by atoms with Crippen molar-refractivity contribution in [3.05, 3.63) is 69.7 Å². The lowest BCUT2D eigenvalue weighted by Gasteiger charge is -2.09. The van der Waals surface area contributed by atoms with E-state index < -0.39 is 6.10 Å². The van der Waals surface area contributed by atoms with Crippen molar-refractivity contribution in [1.29, 1.82) is 0 Å². The third kappa shape index (κ3) is 3.55. The zero-order valence-corrected chi connectivity index (χ0v) is 14.4. The molecule has 2 aromatic heterocycles. The van der Waals surface area contributed by atoms with E-state index in [-0.39, 0.29) is 12.5 Å². The zero-order valence-electron chi connectivity index (χ0n) is 13.6. The number of aromatic nitrogens is 2. The summed E-state index contributed by atoms with van der Waals surface area (Å²) in [5.74, 6) is -0.293. The van der Waals surface area contributed by atoms with Crippen LogP contribution < -0.4 is 5.32 Å². The van der Waals surface area contributed by atoms with Gasteiger partial charge >= 0.3 is 0 Å². The van der Waals surface area contributed by atoms with Crippen LogP contribution in [-0.2, 0) is 0 Å². The minimum absolute atomic E-state index is 0.159. The third-order valence-electron chi connectivity index (χ3n) is 3.78.